The van der Waals surface area contributed by atoms with Crippen molar-refractivity contribution in [2.45, 2.75) is 13.8 Å². The van der Waals surface area contributed by atoms with Gasteiger partial charge in [0.15, 0.2) is 0 Å². The molecule has 0 saturated heterocycles. The van der Waals surface area contributed by atoms with E-state index in [4.69, 9.17) is 0 Å². The van der Waals surface area contributed by atoms with Crippen LogP contribution in [-0.2, 0) is 0 Å². The molecule has 3 nitrogen and oxygen atoms in total. The molecule has 2 aromatic heterocycles. The van der Waals surface area contributed by atoms with Crippen LogP contribution in [0.4, 0.5) is 0 Å². The number of aromatic nitrogens is 3. The average molecular weight is 224 g/mol. The summed E-state index contributed by atoms with van der Waals surface area (Å²) in [5, 5.41) is 1.23. The molecule has 0 amide bonds. The Hall–Kier alpha value is -2.03. The first-order chi connectivity index (χ1) is 8.24. The number of H-pyrrole nitrogens is 2. The molecule has 85 valence electrons. The number of nitrogens with one attached hydrogen (secondary N) is 2. The first-order valence-electron chi connectivity index (χ1n) is 5.68. The molecular weight excluding hydrogens is 210 g/mol. The van der Waals surface area contributed by atoms with Crippen LogP contribution in [0.5, 0.6) is 0 Å². The molecule has 1 aromatic carbocycles. The Kier molecular flexibility index (Phi) is 2.25. The molecule has 0 aliphatic carbocycles. The number of hydrogen-bond donors (Lipinski definition) is 2. The van der Waals surface area contributed by atoms with Crippen LogP contribution in [0.25, 0.3) is 10.9 Å². The van der Waals surface area contributed by atoms with Gasteiger partial charge in [-0.25, -0.2) is 4.98 Å². The van der Waals surface area contributed by atoms with Crippen LogP contribution in [-0.4, -0.2) is 15.0 Å². The largest absolute Gasteiger partial charge is 0.358 e. The first kappa shape index (κ1) is 10.1. The molecule has 3 aromatic rings. The zero-order valence-electron chi connectivity index (χ0n) is 9.91. The van der Waals surface area contributed by atoms with Gasteiger partial charge in [-0.05, 0) is 31.4 Å². The topological polar surface area (TPSA) is 44.5 Å². The van der Waals surface area contributed by atoms with E-state index < -0.39 is 0 Å². The molecule has 0 aliphatic rings. The highest BCUT2D eigenvalue weighted by Crippen LogP contribution is 2.24. The fourth-order valence-corrected chi connectivity index (χ4v) is 2.01. The normalized spacial score (nSPS) is 11.5. The van der Waals surface area contributed by atoms with Crippen LogP contribution in [0, 0.1) is 12.8 Å². The van der Waals surface area contributed by atoms with Gasteiger partial charge in [-0.3, -0.25) is 0 Å². The third-order valence-electron chi connectivity index (χ3n) is 3.00. The van der Waals surface area contributed by atoms with Crippen LogP contribution >= 0.6 is 0 Å². The minimum absolute atomic E-state index is 0.925. The van der Waals surface area contributed by atoms with Crippen molar-refractivity contribution in [3.8, 4) is 0 Å². The summed E-state index contributed by atoms with van der Waals surface area (Å²) in [5.41, 5.74) is 3.28. The van der Waals surface area contributed by atoms with E-state index in [-0.39, 0.29) is 0 Å². The number of para-hydroxylation sites is 1. The monoisotopic (exact) mass is 224 g/mol. The third-order valence-corrected chi connectivity index (χ3v) is 3.00. The zero-order chi connectivity index (χ0) is 11.8. The van der Waals surface area contributed by atoms with E-state index in [2.05, 4.69) is 40.1 Å². The maximum atomic E-state index is 4.44. The third kappa shape index (κ3) is 1.73. The van der Waals surface area contributed by atoms with Gasteiger partial charge < -0.3 is 9.97 Å². The summed E-state index contributed by atoms with van der Waals surface area (Å²) in [4.78, 5) is 11.0. The minimum atomic E-state index is 0.925. The van der Waals surface area contributed by atoms with Crippen molar-refractivity contribution in [2.75, 3.05) is 0 Å². The SMILES string of the molecule is C[C](c1cc2ccccc2[nH]1)c1nc(C)c[nH]1. The van der Waals surface area contributed by atoms with Gasteiger partial charge >= 0.3 is 0 Å². The van der Waals surface area contributed by atoms with E-state index in [9.17, 15) is 0 Å². The lowest BCUT2D eigenvalue weighted by Gasteiger charge is -2.04. The summed E-state index contributed by atoms with van der Waals surface area (Å²) in [6.07, 6.45) is 1.92. The molecule has 17 heavy (non-hydrogen) atoms. The molecule has 1 radical (unpaired) electrons. The number of benzene rings is 1. The van der Waals surface area contributed by atoms with Crippen LogP contribution in [0.3, 0.4) is 0 Å². The second-order valence-corrected chi connectivity index (χ2v) is 4.29. The number of rotatable bonds is 2. The van der Waals surface area contributed by atoms with Crippen LogP contribution < -0.4 is 0 Å². The average Bonchev–Trinajstić information content (AvgIpc) is 2.93. The van der Waals surface area contributed by atoms with Crippen molar-refractivity contribution in [1.82, 2.24) is 15.0 Å². The summed E-state index contributed by atoms with van der Waals surface area (Å²) >= 11 is 0. The highest BCUT2D eigenvalue weighted by Gasteiger charge is 2.14. The lowest BCUT2D eigenvalue weighted by atomic mass is 10.1. The standard InChI is InChI=1S/C14H14N3/c1-9-8-15-14(16-9)10(2)13-7-11-5-3-4-6-12(11)17-13/h3-8,17H,1-2H3,(H,15,16). The molecule has 0 saturated carbocycles. The van der Waals surface area contributed by atoms with E-state index in [0.717, 1.165) is 28.6 Å². The Morgan fingerprint density at radius 3 is 2.76 bits per heavy atom. The van der Waals surface area contributed by atoms with Crippen molar-refractivity contribution < 1.29 is 0 Å². The van der Waals surface area contributed by atoms with Crippen molar-refractivity contribution >= 4 is 10.9 Å². The van der Waals surface area contributed by atoms with Gasteiger partial charge in [0.1, 0.15) is 5.82 Å². The van der Waals surface area contributed by atoms with Crippen LogP contribution in [0.1, 0.15) is 24.1 Å². The van der Waals surface area contributed by atoms with E-state index in [0.29, 0.717) is 0 Å². The molecule has 2 N–H and O–H groups in total. The van der Waals surface area contributed by atoms with Gasteiger partial charge in [-0.1, -0.05) is 18.2 Å². The summed E-state index contributed by atoms with van der Waals surface area (Å²) in [6.45, 7) is 4.06. The Morgan fingerprint density at radius 2 is 2.06 bits per heavy atom. The predicted octanol–water partition coefficient (Wildman–Crippen LogP) is 3.19. The Bertz CT molecular complexity index is 615. The summed E-state index contributed by atoms with van der Waals surface area (Å²) in [7, 11) is 0. The van der Waals surface area contributed by atoms with Crippen molar-refractivity contribution in [2.24, 2.45) is 0 Å². The number of aromatic amines is 2. The van der Waals surface area contributed by atoms with Crippen molar-refractivity contribution in [3.63, 3.8) is 0 Å². The van der Waals surface area contributed by atoms with Gasteiger partial charge in [-0.2, -0.15) is 0 Å². The predicted molar refractivity (Wildman–Crippen MR) is 68.7 cm³/mol. The van der Waals surface area contributed by atoms with Crippen molar-refractivity contribution in [1.29, 1.82) is 0 Å². The lowest BCUT2D eigenvalue weighted by Crippen LogP contribution is -1.99. The first-order valence-corrected chi connectivity index (χ1v) is 5.68. The number of hydrogen-bond acceptors (Lipinski definition) is 1. The number of imidazole rings is 1. The lowest BCUT2D eigenvalue weighted by molar-refractivity contribution is 1.01. The smallest absolute Gasteiger partial charge is 0.119 e. The molecule has 0 spiro atoms. The van der Waals surface area contributed by atoms with E-state index in [1.807, 2.05) is 25.3 Å². The van der Waals surface area contributed by atoms with Gasteiger partial charge in [0.25, 0.3) is 0 Å². The fraction of sp³-hybridized carbons (Fsp3) is 0.143. The highest BCUT2D eigenvalue weighted by molar-refractivity contribution is 5.81. The molecule has 3 rings (SSSR count). The van der Waals surface area contributed by atoms with Crippen molar-refractivity contribution in [3.05, 3.63) is 59.7 Å². The Balaban J connectivity index is 2.03. The molecule has 0 aliphatic heterocycles. The van der Waals surface area contributed by atoms with E-state index in [1.165, 1.54) is 5.39 Å². The van der Waals surface area contributed by atoms with E-state index in [1.54, 1.807) is 0 Å². The Morgan fingerprint density at radius 1 is 1.24 bits per heavy atom. The highest BCUT2D eigenvalue weighted by atomic mass is 14.9. The fourth-order valence-electron chi connectivity index (χ4n) is 2.01. The van der Waals surface area contributed by atoms with Crippen LogP contribution in [0.2, 0.25) is 0 Å². The molecule has 0 fully saturated rings. The number of aryl methyl sites for hydroxylation is 1. The van der Waals surface area contributed by atoms with Crippen LogP contribution in [0.15, 0.2) is 36.5 Å². The summed E-state index contributed by atoms with van der Waals surface area (Å²) in [6, 6.07) is 10.4. The second kappa shape index (κ2) is 3.77. The Labute approximate surface area is 99.9 Å². The number of fused-ring (bicyclic) bond motifs is 1. The molecule has 0 atom stereocenters. The molecule has 0 unspecified atom stereocenters. The molecule has 0 bridgehead atoms. The maximum absolute atomic E-state index is 4.44. The van der Waals surface area contributed by atoms with Gasteiger partial charge in [0.05, 0.1) is 11.6 Å². The van der Waals surface area contributed by atoms with Gasteiger partial charge in [-0.15, -0.1) is 0 Å². The summed E-state index contributed by atoms with van der Waals surface area (Å²) < 4.78 is 0. The minimum Gasteiger partial charge on any atom is -0.358 e. The quantitative estimate of drug-likeness (QED) is 0.689. The molecule has 3 heteroatoms. The second-order valence-electron chi connectivity index (χ2n) is 4.29. The number of nitrogens with zero attached hydrogens (tertiary/aromatic N) is 1. The van der Waals surface area contributed by atoms with E-state index >= 15 is 0 Å². The molecular formula is C14H14N3. The maximum Gasteiger partial charge on any atom is 0.119 e. The van der Waals surface area contributed by atoms with Gasteiger partial charge in [0, 0.05) is 17.4 Å². The zero-order valence-corrected chi connectivity index (χ0v) is 9.91. The van der Waals surface area contributed by atoms with Gasteiger partial charge in [0.2, 0.25) is 0 Å². The summed E-state index contributed by atoms with van der Waals surface area (Å²) in [5.74, 6) is 2.06. The molecule has 2 heterocycles.